The second-order valence-corrected chi connectivity index (χ2v) is 6.20. The van der Waals surface area contributed by atoms with Crippen LogP contribution >= 0.6 is 11.6 Å². The van der Waals surface area contributed by atoms with Gasteiger partial charge in [-0.1, -0.05) is 17.7 Å². The lowest BCUT2D eigenvalue weighted by Gasteiger charge is -2.09. The van der Waals surface area contributed by atoms with Gasteiger partial charge in [-0.25, -0.2) is 17.8 Å². The summed E-state index contributed by atoms with van der Waals surface area (Å²) in [7, 11) is -2.17. The van der Waals surface area contributed by atoms with E-state index in [2.05, 4.69) is 14.8 Å². The zero-order valence-corrected chi connectivity index (χ0v) is 12.2. The summed E-state index contributed by atoms with van der Waals surface area (Å²) in [5.41, 5.74) is 0.805. The van der Waals surface area contributed by atoms with Crippen molar-refractivity contribution < 1.29 is 8.42 Å². The van der Waals surface area contributed by atoms with Gasteiger partial charge in [-0.05, 0) is 31.5 Å². The minimum atomic E-state index is -3.78. The van der Waals surface area contributed by atoms with Crippen molar-refractivity contribution in [2.75, 3.05) is 4.72 Å². The fraction of sp³-hybridized carbons (Fsp3) is 0.273. The van der Waals surface area contributed by atoms with Crippen molar-refractivity contribution in [1.82, 2.24) is 14.8 Å². The molecule has 6 nitrogen and oxygen atoms in total. The average Bonchev–Trinajstić information content (AvgIpc) is 2.60. The predicted molar refractivity (Wildman–Crippen MR) is 72.7 cm³/mol. The van der Waals surface area contributed by atoms with E-state index in [0.717, 1.165) is 5.56 Å². The van der Waals surface area contributed by atoms with Crippen molar-refractivity contribution in [3.8, 4) is 0 Å². The number of nitrogens with zero attached hydrogens (tertiary/aromatic N) is 3. The third-order valence-electron chi connectivity index (χ3n) is 2.47. The number of halogens is 1. The predicted octanol–water partition coefficient (Wildman–Crippen LogP) is 1.89. The highest BCUT2D eigenvalue weighted by molar-refractivity contribution is 7.92. The summed E-state index contributed by atoms with van der Waals surface area (Å²) in [6.45, 7) is 3.47. The van der Waals surface area contributed by atoms with Crippen LogP contribution in [0, 0.1) is 13.8 Å². The second kappa shape index (κ2) is 4.82. The highest BCUT2D eigenvalue weighted by Gasteiger charge is 2.20. The van der Waals surface area contributed by atoms with Gasteiger partial charge in [0.2, 0.25) is 5.95 Å². The minimum Gasteiger partial charge on any atom is -0.247 e. The monoisotopic (exact) mass is 300 g/mol. The molecule has 0 spiro atoms. The number of benzene rings is 1. The molecule has 19 heavy (non-hydrogen) atoms. The van der Waals surface area contributed by atoms with Crippen LogP contribution in [0.2, 0.25) is 5.02 Å². The number of hydrogen-bond donors (Lipinski definition) is 1. The molecule has 0 atom stereocenters. The normalized spacial score (nSPS) is 11.6. The summed E-state index contributed by atoms with van der Waals surface area (Å²) in [5, 5.41) is 4.14. The smallest absolute Gasteiger partial charge is 0.247 e. The fourth-order valence-corrected chi connectivity index (χ4v) is 3.21. The molecule has 0 fully saturated rings. The lowest BCUT2D eigenvalue weighted by molar-refractivity contribution is 0.600. The molecule has 8 heteroatoms. The number of sulfonamides is 1. The van der Waals surface area contributed by atoms with Crippen LogP contribution in [-0.2, 0) is 17.1 Å². The Hall–Kier alpha value is -1.60. The Morgan fingerprint density at radius 1 is 1.32 bits per heavy atom. The van der Waals surface area contributed by atoms with Crippen LogP contribution in [0.15, 0.2) is 23.1 Å². The van der Waals surface area contributed by atoms with Crippen LogP contribution in [0.25, 0.3) is 0 Å². The van der Waals surface area contributed by atoms with Crippen molar-refractivity contribution in [1.29, 1.82) is 0 Å². The van der Waals surface area contributed by atoms with Crippen LogP contribution in [-0.4, -0.2) is 23.2 Å². The van der Waals surface area contributed by atoms with Gasteiger partial charge >= 0.3 is 0 Å². The van der Waals surface area contributed by atoms with Gasteiger partial charge in [0.1, 0.15) is 10.7 Å². The SMILES string of the molecule is Cc1ccc(Cl)c(S(=O)(=O)Nc2nc(C)nn2C)c1. The van der Waals surface area contributed by atoms with Gasteiger partial charge in [-0.2, -0.15) is 10.1 Å². The summed E-state index contributed by atoms with van der Waals surface area (Å²) in [5.74, 6) is 0.630. The lowest BCUT2D eigenvalue weighted by Crippen LogP contribution is -2.16. The quantitative estimate of drug-likeness (QED) is 0.939. The first-order valence-electron chi connectivity index (χ1n) is 5.46. The van der Waals surface area contributed by atoms with Crippen molar-refractivity contribution >= 4 is 27.6 Å². The number of aryl methyl sites for hydroxylation is 3. The van der Waals surface area contributed by atoms with Crippen LogP contribution in [0.5, 0.6) is 0 Å². The molecule has 1 aromatic heterocycles. The number of aromatic nitrogens is 3. The molecule has 2 aromatic rings. The highest BCUT2D eigenvalue weighted by atomic mass is 35.5. The maximum Gasteiger partial charge on any atom is 0.265 e. The van der Waals surface area contributed by atoms with Crippen LogP contribution in [0.3, 0.4) is 0 Å². The number of nitrogens with one attached hydrogen (secondary N) is 1. The first kappa shape index (κ1) is 13.8. The van der Waals surface area contributed by atoms with Crippen molar-refractivity contribution in [3.63, 3.8) is 0 Å². The highest BCUT2D eigenvalue weighted by Crippen LogP contribution is 2.24. The molecule has 102 valence electrons. The Labute approximate surface area is 116 Å². The third-order valence-corrected chi connectivity index (χ3v) is 4.28. The maximum atomic E-state index is 12.3. The van der Waals surface area contributed by atoms with Gasteiger partial charge in [0, 0.05) is 7.05 Å². The molecular formula is C11H13ClN4O2S. The molecular weight excluding hydrogens is 288 g/mol. The van der Waals surface area contributed by atoms with E-state index in [9.17, 15) is 8.42 Å². The van der Waals surface area contributed by atoms with E-state index >= 15 is 0 Å². The van der Waals surface area contributed by atoms with E-state index in [1.54, 1.807) is 33.0 Å². The van der Waals surface area contributed by atoms with E-state index in [4.69, 9.17) is 11.6 Å². The Bertz CT molecular complexity index is 724. The topological polar surface area (TPSA) is 76.9 Å². The summed E-state index contributed by atoms with van der Waals surface area (Å²) in [6, 6.07) is 4.80. The van der Waals surface area contributed by atoms with Gasteiger partial charge in [-0.3, -0.25) is 0 Å². The zero-order chi connectivity index (χ0) is 14.2. The summed E-state index contributed by atoms with van der Waals surface area (Å²) < 4.78 is 28.2. The zero-order valence-electron chi connectivity index (χ0n) is 10.7. The van der Waals surface area contributed by atoms with Gasteiger partial charge in [0.05, 0.1) is 5.02 Å². The Kier molecular flexibility index (Phi) is 3.51. The van der Waals surface area contributed by atoms with E-state index in [1.165, 1.54) is 10.7 Å². The average molecular weight is 301 g/mol. The van der Waals surface area contributed by atoms with E-state index in [1.807, 2.05) is 0 Å². The molecule has 0 saturated heterocycles. The lowest BCUT2D eigenvalue weighted by atomic mass is 10.2. The molecule has 2 rings (SSSR count). The number of anilines is 1. The summed E-state index contributed by atoms with van der Waals surface area (Å²) in [4.78, 5) is 4.01. The van der Waals surface area contributed by atoms with Crippen LogP contribution in [0.1, 0.15) is 11.4 Å². The molecule has 1 N–H and O–H groups in total. The molecule has 1 heterocycles. The minimum absolute atomic E-state index is 0.0230. The van der Waals surface area contributed by atoms with Crippen LogP contribution in [0.4, 0.5) is 5.95 Å². The molecule has 0 aliphatic rings. The fourth-order valence-electron chi connectivity index (χ4n) is 1.59. The number of rotatable bonds is 3. The van der Waals surface area contributed by atoms with Crippen LogP contribution < -0.4 is 4.72 Å². The van der Waals surface area contributed by atoms with Gasteiger partial charge < -0.3 is 0 Å². The maximum absolute atomic E-state index is 12.3. The first-order chi connectivity index (χ1) is 8.79. The molecule has 1 aromatic carbocycles. The third kappa shape index (κ3) is 2.87. The Morgan fingerprint density at radius 2 is 2.00 bits per heavy atom. The van der Waals surface area contributed by atoms with Gasteiger partial charge in [0.15, 0.2) is 0 Å². The second-order valence-electron chi connectivity index (χ2n) is 4.15. The van der Waals surface area contributed by atoms with Crippen molar-refractivity contribution in [2.45, 2.75) is 18.7 Å². The largest absolute Gasteiger partial charge is 0.265 e. The molecule has 0 amide bonds. The van der Waals surface area contributed by atoms with Gasteiger partial charge in [0.25, 0.3) is 10.0 Å². The first-order valence-corrected chi connectivity index (χ1v) is 7.32. The molecule has 0 aliphatic heterocycles. The standard InChI is InChI=1S/C11H13ClN4O2S/c1-7-4-5-9(12)10(6-7)19(17,18)15-11-13-8(2)14-16(11)3/h4-6H,1-3H3,(H,13,14,15). The summed E-state index contributed by atoms with van der Waals surface area (Å²) >= 11 is 5.93. The molecule has 0 radical (unpaired) electrons. The Morgan fingerprint density at radius 3 is 2.58 bits per heavy atom. The van der Waals surface area contributed by atoms with Gasteiger partial charge in [-0.15, -0.1) is 0 Å². The molecule has 0 unspecified atom stereocenters. The van der Waals surface area contributed by atoms with Crippen molar-refractivity contribution in [2.24, 2.45) is 7.05 Å². The molecule has 0 saturated carbocycles. The number of hydrogen-bond acceptors (Lipinski definition) is 4. The molecule has 0 bridgehead atoms. The molecule has 0 aliphatic carbocycles. The Balaban J connectivity index is 2.43. The summed E-state index contributed by atoms with van der Waals surface area (Å²) in [6.07, 6.45) is 0. The van der Waals surface area contributed by atoms with E-state index < -0.39 is 10.0 Å². The van der Waals surface area contributed by atoms with E-state index in [-0.39, 0.29) is 15.9 Å². The van der Waals surface area contributed by atoms with E-state index in [0.29, 0.717) is 5.82 Å². The van der Waals surface area contributed by atoms with Crippen molar-refractivity contribution in [3.05, 3.63) is 34.6 Å².